The Morgan fingerprint density at radius 3 is 2.25 bits per heavy atom. The normalized spacial score (nSPS) is 19.2. The molecule has 1 aromatic carbocycles. The van der Waals surface area contributed by atoms with Crippen molar-refractivity contribution >= 4 is 11.7 Å². The molecule has 1 aliphatic carbocycles. The number of aromatic carboxylic acids is 1. The monoisotopic (exact) mass is 275 g/mol. The van der Waals surface area contributed by atoms with Gasteiger partial charge in [0, 0.05) is 13.1 Å². The van der Waals surface area contributed by atoms with Gasteiger partial charge in [-0.1, -0.05) is 19.9 Å². The van der Waals surface area contributed by atoms with Gasteiger partial charge in [-0.15, -0.1) is 0 Å². The average Bonchev–Trinajstić information content (AvgIpc) is 3.21. The lowest BCUT2D eigenvalue weighted by atomic mass is 9.93. The zero-order valence-electron chi connectivity index (χ0n) is 12.8. The second-order valence-electron chi connectivity index (χ2n) is 5.81. The van der Waals surface area contributed by atoms with Crippen molar-refractivity contribution in [2.24, 2.45) is 5.41 Å². The minimum atomic E-state index is -0.822. The molecule has 0 aromatic heterocycles. The van der Waals surface area contributed by atoms with Gasteiger partial charge in [-0.05, 0) is 55.7 Å². The van der Waals surface area contributed by atoms with Crippen LogP contribution in [0.15, 0.2) is 18.2 Å². The molecule has 0 bridgehead atoms. The number of rotatable bonds is 2. The third-order valence-corrected chi connectivity index (χ3v) is 4.51. The summed E-state index contributed by atoms with van der Waals surface area (Å²) in [4.78, 5) is 13.5. The van der Waals surface area contributed by atoms with Crippen LogP contribution in [0.2, 0.25) is 0 Å². The minimum absolute atomic E-state index is 0.437. The van der Waals surface area contributed by atoms with E-state index in [1.54, 1.807) is 6.07 Å². The summed E-state index contributed by atoms with van der Waals surface area (Å²) in [6.45, 7) is 8.02. The van der Waals surface area contributed by atoms with Gasteiger partial charge in [0.2, 0.25) is 0 Å². The second-order valence-corrected chi connectivity index (χ2v) is 5.81. The highest BCUT2D eigenvalue weighted by Gasteiger charge is 2.44. The largest absolute Gasteiger partial charge is 0.478 e. The minimum Gasteiger partial charge on any atom is -0.478 e. The van der Waals surface area contributed by atoms with Crippen LogP contribution in [0.5, 0.6) is 0 Å². The van der Waals surface area contributed by atoms with E-state index in [2.05, 4.69) is 4.90 Å². The molecule has 3 nitrogen and oxygen atoms in total. The molecule has 0 radical (unpaired) electrons. The fourth-order valence-electron chi connectivity index (χ4n) is 2.98. The number of carboxylic acids is 1. The first-order valence-corrected chi connectivity index (χ1v) is 7.69. The highest BCUT2D eigenvalue weighted by molar-refractivity contribution is 5.94. The molecule has 3 rings (SSSR count). The number of carboxylic acid groups (broad SMARTS) is 1. The topological polar surface area (TPSA) is 40.5 Å². The Labute approximate surface area is 121 Å². The molecule has 0 amide bonds. The Bertz CT molecular complexity index is 482. The maximum absolute atomic E-state index is 11.3. The first kappa shape index (κ1) is 14.9. The van der Waals surface area contributed by atoms with E-state index in [0.29, 0.717) is 11.0 Å². The third kappa shape index (κ3) is 2.97. The lowest BCUT2D eigenvalue weighted by Gasteiger charge is -2.34. The lowest BCUT2D eigenvalue weighted by Crippen LogP contribution is -2.35. The van der Waals surface area contributed by atoms with E-state index < -0.39 is 5.97 Å². The highest BCUT2D eigenvalue weighted by atomic mass is 16.4. The first-order chi connectivity index (χ1) is 9.60. The molecule has 1 heterocycles. The van der Waals surface area contributed by atoms with Gasteiger partial charge in [-0.2, -0.15) is 0 Å². The summed E-state index contributed by atoms with van der Waals surface area (Å²) in [6.07, 6.45) is 5.20. The van der Waals surface area contributed by atoms with Crippen LogP contribution in [0.1, 0.15) is 55.5 Å². The van der Waals surface area contributed by atoms with Crippen molar-refractivity contribution < 1.29 is 9.90 Å². The standard InChI is InChI=1S/C15H19NO2.C2H6/c1-11-2-3-12(14(17)18)13(10-11)16-8-6-15(4-5-15)7-9-16;1-2/h2-3,10H,4-9H2,1H3,(H,17,18);1-2H3. The summed E-state index contributed by atoms with van der Waals surface area (Å²) in [5, 5.41) is 9.28. The molecule has 110 valence electrons. The maximum Gasteiger partial charge on any atom is 0.337 e. The Morgan fingerprint density at radius 2 is 1.75 bits per heavy atom. The fourth-order valence-corrected chi connectivity index (χ4v) is 2.98. The highest BCUT2D eigenvalue weighted by Crippen LogP contribution is 2.54. The number of nitrogens with zero attached hydrogens (tertiary/aromatic N) is 1. The Kier molecular flexibility index (Phi) is 4.36. The Balaban J connectivity index is 0.000000704. The van der Waals surface area contributed by atoms with Crippen LogP contribution in [0.25, 0.3) is 0 Å². The van der Waals surface area contributed by atoms with Crippen LogP contribution in [0, 0.1) is 12.3 Å². The van der Waals surface area contributed by atoms with Crippen LogP contribution >= 0.6 is 0 Å². The molecule has 3 heteroatoms. The quantitative estimate of drug-likeness (QED) is 0.883. The molecule has 1 saturated heterocycles. The van der Waals surface area contributed by atoms with Crippen molar-refractivity contribution in [2.75, 3.05) is 18.0 Å². The molecule has 0 unspecified atom stereocenters. The summed E-state index contributed by atoms with van der Waals surface area (Å²) in [5.74, 6) is -0.822. The van der Waals surface area contributed by atoms with Crippen LogP contribution in [0.4, 0.5) is 5.69 Å². The molecule has 1 saturated carbocycles. The average molecular weight is 275 g/mol. The third-order valence-electron chi connectivity index (χ3n) is 4.51. The summed E-state index contributed by atoms with van der Waals surface area (Å²) in [6, 6.07) is 5.61. The smallest absolute Gasteiger partial charge is 0.337 e. The number of hydrogen-bond donors (Lipinski definition) is 1. The number of hydrogen-bond acceptors (Lipinski definition) is 2. The van der Waals surface area contributed by atoms with Crippen molar-refractivity contribution in [2.45, 2.75) is 46.5 Å². The molecule has 2 aliphatic rings. The van der Waals surface area contributed by atoms with Crippen molar-refractivity contribution in [1.29, 1.82) is 0 Å². The number of piperidine rings is 1. The Morgan fingerprint density at radius 1 is 1.15 bits per heavy atom. The van der Waals surface area contributed by atoms with Crippen LogP contribution in [-0.4, -0.2) is 24.2 Å². The van der Waals surface area contributed by atoms with Gasteiger partial charge in [0.05, 0.1) is 11.3 Å². The predicted octanol–water partition coefficient (Wildman–Crippen LogP) is 4.10. The van der Waals surface area contributed by atoms with E-state index >= 15 is 0 Å². The summed E-state index contributed by atoms with van der Waals surface area (Å²) < 4.78 is 0. The molecule has 1 spiro atoms. The van der Waals surface area contributed by atoms with E-state index in [4.69, 9.17) is 0 Å². The number of anilines is 1. The van der Waals surface area contributed by atoms with Gasteiger partial charge >= 0.3 is 5.97 Å². The van der Waals surface area contributed by atoms with Crippen LogP contribution < -0.4 is 4.90 Å². The van der Waals surface area contributed by atoms with E-state index in [9.17, 15) is 9.90 Å². The van der Waals surface area contributed by atoms with Gasteiger partial charge < -0.3 is 10.0 Å². The Hall–Kier alpha value is -1.51. The number of aryl methyl sites for hydroxylation is 1. The fraction of sp³-hybridized carbons (Fsp3) is 0.588. The van der Waals surface area contributed by atoms with Gasteiger partial charge in [0.25, 0.3) is 0 Å². The summed E-state index contributed by atoms with van der Waals surface area (Å²) >= 11 is 0. The molecule has 1 aromatic rings. The first-order valence-electron chi connectivity index (χ1n) is 7.69. The molecule has 2 fully saturated rings. The summed E-state index contributed by atoms with van der Waals surface area (Å²) in [5.41, 5.74) is 3.09. The van der Waals surface area contributed by atoms with Gasteiger partial charge in [0.15, 0.2) is 0 Å². The van der Waals surface area contributed by atoms with Crippen molar-refractivity contribution in [3.05, 3.63) is 29.3 Å². The van der Waals surface area contributed by atoms with E-state index in [0.717, 1.165) is 24.3 Å². The van der Waals surface area contributed by atoms with Crippen molar-refractivity contribution in [3.63, 3.8) is 0 Å². The van der Waals surface area contributed by atoms with E-state index in [1.165, 1.54) is 25.7 Å². The maximum atomic E-state index is 11.3. The lowest BCUT2D eigenvalue weighted by molar-refractivity contribution is 0.0697. The predicted molar refractivity (Wildman–Crippen MR) is 82.6 cm³/mol. The molecule has 20 heavy (non-hydrogen) atoms. The zero-order valence-corrected chi connectivity index (χ0v) is 12.8. The van der Waals surface area contributed by atoms with E-state index in [-0.39, 0.29) is 0 Å². The second kappa shape index (κ2) is 5.86. The van der Waals surface area contributed by atoms with Gasteiger partial charge in [-0.3, -0.25) is 0 Å². The molecular formula is C17H25NO2. The summed E-state index contributed by atoms with van der Waals surface area (Å²) in [7, 11) is 0. The van der Waals surface area contributed by atoms with Crippen LogP contribution in [-0.2, 0) is 0 Å². The molecular weight excluding hydrogens is 250 g/mol. The number of benzene rings is 1. The van der Waals surface area contributed by atoms with Crippen molar-refractivity contribution in [1.82, 2.24) is 0 Å². The molecule has 1 N–H and O–H groups in total. The molecule has 0 atom stereocenters. The van der Waals surface area contributed by atoms with Crippen LogP contribution in [0.3, 0.4) is 0 Å². The zero-order chi connectivity index (χ0) is 14.8. The number of carbonyl (C=O) groups is 1. The van der Waals surface area contributed by atoms with Crippen molar-refractivity contribution in [3.8, 4) is 0 Å². The van der Waals surface area contributed by atoms with Gasteiger partial charge in [-0.25, -0.2) is 4.79 Å². The SMILES string of the molecule is CC.Cc1ccc(C(=O)O)c(N2CCC3(CC2)CC3)c1. The molecule has 1 aliphatic heterocycles. The van der Waals surface area contributed by atoms with Gasteiger partial charge in [0.1, 0.15) is 0 Å². The van der Waals surface area contributed by atoms with E-state index in [1.807, 2.05) is 32.9 Å².